The highest BCUT2D eigenvalue weighted by Gasteiger charge is 2.25. The van der Waals surface area contributed by atoms with Gasteiger partial charge in [0, 0.05) is 39.1 Å². The van der Waals surface area contributed by atoms with Gasteiger partial charge >= 0.3 is 0 Å². The molecule has 0 bridgehead atoms. The van der Waals surface area contributed by atoms with Crippen LogP contribution in [0.3, 0.4) is 0 Å². The summed E-state index contributed by atoms with van der Waals surface area (Å²) in [5.41, 5.74) is 0. The fraction of sp³-hybridized carbons (Fsp3) is 0.821. The molecule has 1 N–H and O–H groups in total. The number of carbonyl (C=O) groups is 2. The number of unbranched alkanes of at least 4 members (excludes halogenated alkanes) is 10. The van der Waals surface area contributed by atoms with Crippen molar-refractivity contribution in [2.24, 2.45) is 0 Å². The lowest BCUT2D eigenvalue weighted by molar-refractivity contribution is -0.139. The molecule has 6 nitrogen and oxygen atoms in total. The summed E-state index contributed by atoms with van der Waals surface area (Å²) < 4.78 is 5.71. The lowest BCUT2D eigenvalue weighted by Crippen LogP contribution is -2.36. The fourth-order valence-electron chi connectivity index (χ4n) is 3.96. The smallest absolute Gasteiger partial charge is 0.226 e. The summed E-state index contributed by atoms with van der Waals surface area (Å²) in [6.45, 7) is 14.3. The molecule has 1 unspecified atom stereocenters. The van der Waals surface area contributed by atoms with Crippen molar-refractivity contribution in [2.75, 3.05) is 26.3 Å². The van der Waals surface area contributed by atoms with Crippen molar-refractivity contribution in [3.63, 3.8) is 0 Å². The Kier molecular flexibility index (Phi) is 22.2. The summed E-state index contributed by atoms with van der Waals surface area (Å²) in [5.74, 6) is 0.459. The van der Waals surface area contributed by atoms with Crippen LogP contribution in [0.4, 0.5) is 0 Å². The molecule has 2 aliphatic rings. The van der Waals surface area contributed by atoms with Crippen molar-refractivity contribution in [3.8, 4) is 0 Å². The molecule has 198 valence electrons. The van der Waals surface area contributed by atoms with Gasteiger partial charge < -0.3 is 19.6 Å². The predicted octanol–water partition coefficient (Wildman–Crippen LogP) is 6.24. The molecule has 2 fully saturated rings. The topological polar surface area (TPSA) is 70.1 Å². The summed E-state index contributed by atoms with van der Waals surface area (Å²) in [4.78, 5) is 25.6. The number of likely N-dealkylation sites (tertiary alicyclic amines) is 2. The highest BCUT2D eigenvalue weighted by molar-refractivity contribution is 5.79. The van der Waals surface area contributed by atoms with Gasteiger partial charge in [-0.3, -0.25) is 9.59 Å². The van der Waals surface area contributed by atoms with Crippen molar-refractivity contribution < 1.29 is 19.4 Å². The van der Waals surface area contributed by atoms with Gasteiger partial charge in [0.25, 0.3) is 0 Å². The largest absolute Gasteiger partial charge is 0.396 e. The first-order valence-electron chi connectivity index (χ1n) is 13.7. The maximum absolute atomic E-state index is 11.5. The first-order valence-corrected chi connectivity index (χ1v) is 13.7. The molecular weight excluding hydrogens is 428 g/mol. The molecule has 6 heteroatoms. The van der Waals surface area contributed by atoms with Crippen LogP contribution in [-0.4, -0.2) is 59.3 Å². The van der Waals surface area contributed by atoms with Gasteiger partial charge in [-0.25, -0.2) is 0 Å². The molecule has 2 rings (SSSR count). The van der Waals surface area contributed by atoms with E-state index in [0.29, 0.717) is 19.4 Å². The van der Waals surface area contributed by atoms with Crippen LogP contribution >= 0.6 is 0 Å². The van der Waals surface area contributed by atoms with E-state index in [1.54, 1.807) is 11.1 Å². The van der Waals surface area contributed by atoms with Crippen molar-refractivity contribution in [1.82, 2.24) is 9.80 Å². The Morgan fingerprint density at radius 3 is 2.03 bits per heavy atom. The number of amides is 2. The van der Waals surface area contributed by atoms with Gasteiger partial charge in [0.2, 0.25) is 11.8 Å². The molecule has 0 aromatic rings. The Bertz CT molecular complexity index is 507. The molecule has 2 aliphatic heterocycles. The van der Waals surface area contributed by atoms with Gasteiger partial charge in [-0.05, 0) is 51.6 Å². The van der Waals surface area contributed by atoms with E-state index in [-0.39, 0.29) is 18.0 Å². The first kappa shape index (κ1) is 32.5. The molecule has 0 aliphatic carbocycles. The standard InChI is InChI=1S/C14H27NO2.C8H17O.C6H9NO/c1-3-4-5-6-7-8-12-17-13(2)15-11-9-10-14(15)16;1-2-3-4-5-6-7-8-9;1-2-7-5-3-4-6(7)8/h13H,3-12H2,1-2H3;9H,1-8H2;2H,1,3-5H2/q;+1;. The Balaban J connectivity index is 0.000000537. The maximum atomic E-state index is 11.5. The zero-order chi connectivity index (χ0) is 25.4. The van der Waals surface area contributed by atoms with Crippen LogP contribution in [0.25, 0.3) is 0 Å². The zero-order valence-electron chi connectivity index (χ0n) is 22.3. The number of ether oxygens (including phenoxy) is 1. The van der Waals surface area contributed by atoms with Gasteiger partial charge in [-0.15, -0.1) is 0 Å². The van der Waals surface area contributed by atoms with Crippen LogP contribution in [0.1, 0.15) is 117 Å². The van der Waals surface area contributed by atoms with Gasteiger partial charge in [0.05, 0.1) is 13.3 Å². The van der Waals surface area contributed by atoms with Gasteiger partial charge in [0.1, 0.15) is 6.23 Å². The van der Waals surface area contributed by atoms with Crippen LogP contribution in [0, 0.1) is 6.92 Å². The van der Waals surface area contributed by atoms with E-state index in [9.17, 15) is 9.59 Å². The molecule has 0 saturated carbocycles. The molecule has 1 atom stereocenters. The van der Waals surface area contributed by atoms with E-state index < -0.39 is 0 Å². The number of aliphatic hydroxyl groups is 1. The quantitative estimate of drug-likeness (QED) is 0.209. The minimum Gasteiger partial charge on any atom is -0.396 e. The second kappa shape index (κ2) is 23.2. The summed E-state index contributed by atoms with van der Waals surface area (Å²) in [6.07, 6.45) is 19.6. The van der Waals surface area contributed by atoms with Crippen LogP contribution < -0.4 is 0 Å². The van der Waals surface area contributed by atoms with Crippen molar-refractivity contribution >= 4 is 11.8 Å². The minimum atomic E-state index is -0.0272. The molecule has 2 heterocycles. The molecule has 0 radical (unpaired) electrons. The van der Waals surface area contributed by atoms with Gasteiger partial charge in [-0.1, -0.05) is 58.4 Å². The molecule has 0 aromatic carbocycles. The van der Waals surface area contributed by atoms with Gasteiger partial charge in [0.15, 0.2) is 0 Å². The van der Waals surface area contributed by atoms with Crippen molar-refractivity contribution in [3.05, 3.63) is 19.7 Å². The van der Waals surface area contributed by atoms with Crippen molar-refractivity contribution in [2.45, 2.75) is 123 Å². The van der Waals surface area contributed by atoms with Crippen molar-refractivity contribution in [1.29, 1.82) is 0 Å². The summed E-state index contributed by atoms with van der Waals surface area (Å²) in [6, 6.07) is 0. The van der Waals surface area contributed by atoms with Gasteiger partial charge in [-0.2, -0.15) is 0 Å². The van der Waals surface area contributed by atoms with E-state index >= 15 is 0 Å². The predicted molar refractivity (Wildman–Crippen MR) is 141 cm³/mol. The highest BCUT2D eigenvalue weighted by atomic mass is 16.5. The molecule has 0 aromatic heterocycles. The summed E-state index contributed by atoms with van der Waals surface area (Å²) in [7, 11) is 0. The third kappa shape index (κ3) is 17.0. The number of carbonyl (C=O) groups excluding carboxylic acids is 2. The average Bonchev–Trinajstić information content (AvgIpc) is 3.46. The Hall–Kier alpha value is -1.53. The number of hydrogen-bond acceptors (Lipinski definition) is 4. The normalized spacial score (nSPS) is 16.1. The molecule has 0 spiro atoms. The first-order chi connectivity index (χ1) is 16.5. The lowest BCUT2D eigenvalue weighted by atomic mass is 10.1. The fourth-order valence-corrected chi connectivity index (χ4v) is 3.96. The number of aliphatic hydroxyl groups excluding tert-OH is 1. The number of hydrogen-bond donors (Lipinski definition) is 1. The monoisotopic (exact) mass is 481 g/mol. The molecule has 2 saturated heterocycles. The van der Waals surface area contributed by atoms with E-state index in [0.717, 1.165) is 51.8 Å². The zero-order valence-corrected chi connectivity index (χ0v) is 22.3. The number of rotatable bonds is 16. The Labute approximate surface area is 210 Å². The summed E-state index contributed by atoms with van der Waals surface area (Å²) in [5, 5.41) is 8.41. The van der Waals surface area contributed by atoms with Crippen LogP contribution in [0.2, 0.25) is 0 Å². The van der Waals surface area contributed by atoms with E-state index in [2.05, 4.69) is 20.4 Å². The number of nitrogens with zero attached hydrogens (tertiary/aromatic N) is 2. The van der Waals surface area contributed by atoms with E-state index in [4.69, 9.17) is 9.84 Å². The average molecular weight is 482 g/mol. The second-order valence-corrected chi connectivity index (χ2v) is 9.15. The molecule has 34 heavy (non-hydrogen) atoms. The minimum absolute atomic E-state index is 0.0272. The van der Waals surface area contributed by atoms with E-state index in [1.807, 2.05) is 11.8 Å². The molecular formula is C28H53N2O4+. The molecule has 2 amide bonds. The SMILES string of the molecule is C=CN1CCCC1=O.CCCCCCCCOC(C)N1CCCC1=O.[CH2+]CCCCCCCO. The third-order valence-corrected chi connectivity index (χ3v) is 6.14. The lowest BCUT2D eigenvalue weighted by Gasteiger charge is -2.24. The third-order valence-electron chi connectivity index (χ3n) is 6.14. The Morgan fingerprint density at radius 2 is 1.53 bits per heavy atom. The maximum Gasteiger partial charge on any atom is 0.226 e. The Morgan fingerprint density at radius 1 is 0.941 bits per heavy atom. The second-order valence-electron chi connectivity index (χ2n) is 9.15. The van der Waals surface area contributed by atoms with E-state index in [1.165, 1.54) is 57.8 Å². The van der Waals surface area contributed by atoms with Crippen LogP contribution in [-0.2, 0) is 14.3 Å². The van der Waals surface area contributed by atoms with Crippen LogP contribution in [0.5, 0.6) is 0 Å². The summed E-state index contributed by atoms with van der Waals surface area (Å²) >= 11 is 0. The highest BCUT2D eigenvalue weighted by Crippen LogP contribution is 2.15. The van der Waals surface area contributed by atoms with Crippen LogP contribution in [0.15, 0.2) is 12.8 Å².